The highest BCUT2D eigenvalue weighted by Crippen LogP contribution is 2.22. The first kappa shape index (κ1) is 15.4. The lowest BCUT2D eigenvalue weighted by atomic mass is 10.2. The van der Waals surface area contributed by atoms with Gasteiger partial charge < -0.3 is 14.6 Å². The van der Waals surface area contributed by atoms with Crippen LogP contribution in [0.2, 0.25) is 5.02 Å². The zero-order valence-corrected chi connectivity index (χ0v) is 13.4. The number of hydrogen-bond acceptors (Lipinski definition) is 3. The maximum absolute atomic E-state index is 12.0. The van der Waals surface area contributed by atoms with Crippen LogP contribution in [-0.2, 0) is 11.3 Å². The number of nitrogens with one attached hydrogen (secondary N) is 1. The molecule has 0 bridgehead atoms. The molecule has 0 unspecified atom stereocenters. The summed E-state index contributed by atoms with van der Waals surface area (Å²) >= 11 is 5.77. The van der Waals surface area contributed by atoms with Gasteiger partial charge in [-0.05, 0) is 36.4 Å². The molecule has 3 aromatic rings. The molecule has 2 aromatic heterocycles. The molecular formula is C17H16ClN3O2. The Morgan fingerprint density at radius 3 is 2.91 bits per heavy atom. The van der Waals surface area contributed by atoms with Crippen molar-refractivity contribution in [3.05, 3.63) is 53.8 Å². The van der Waals surface area contributed by atoms with Crippen molar-refractivity contribution in [2.75, 3.05) is 12.4 Å². The quantitative estimate of drug-likeness (QED) is 0.776. The van der Waals surface area contributed by atoms with Crippen molar-refractivity contribution >= 4 is 34.2 Å². The monoisotopic (exact) mass is 329 g/mol. The minimum absolute atomic E-state index is 0.0878. The number of ether oxygens (including phenoxy) is 1. The lowest BCUT2D eigenvalue weighted by Crippen LogP contribution is -2.14. The number of rotatable bonds is 5. The van der Waals surface area contributed by atoms with Crippen molar-refractivity contribution in [3.63, 3.8) is 0 Å². The molecule has 23 heavy (non-hydrogen) atoms. The Morgan fingerprint density at radius 1 is 1.30 bits per heavy atom. The molecule has 2 heterocycles. The van der Waals surface area contributed by atoms with Crippen molar-refractivity contribution in [3.8, 4) is 5.75 Å². The second-order valence-electron chi connectivity index (χ2n) is 5.09. The zero-order chi connectivity index (χ0) is 16.2. The number of amides is 1. The van der Waals surface area contributed by atoms with E-state index in [2.05, 4.69) is 10.3 Å². The van der Waals surface area contributed by atoms with Crippen molar-refractivity contribution in [2.24, 2.45) is 0 Å². The molecule has 0 aliphatic carbocycles. The predicted octanol–water partition coefficient (Wildman–Crippen LogP) is 3.73. The van der Waals surface area contributed by atoms with Gasteiger partial charge >= 0.3 is 0 Å². The largest absolute Gasteiger partial charge is 0.497 e. The summed E-state index contributed by atoms with van der Waals surface area (Å²) in [6.07, 6.45) is 3.84. The van der Waals surface area contributed by atoms with Gasteiger partial charge in [-0.1, -0.05) is 11.6 Å². The molecule has 0 saturated heterocycles. The molecule has 0 radical (unpaired) electrons. The molecule has 1 N–H and O–H groups in total. The SMILES string of the molecule is COc1ccc2c(ccn2CCC(=O)Nc2ccc(Cl)cn2)c1. The number of methoxy groups -OCH3 is 1. The number of benzene rings is 1. The third-order valence-corrected chi connectivity index (χ3v) is 3.78. The van der Waals surface area contributed by atoms with Crippen LogP contribution >= 0.6 is 11.6 Å². The normalized spacial score (nSPS) is 10.7. The van der Waals surface area contributed by atoms with Crippen LogP contribution in [0.3, 0.4) is 0 Å². The average molecular weight is 330 g/mol. The van der Waals surface area contributed by atoms with Crippen LogP contribution in [0.4, 0.5) is 5.82 Å². The van der Waals surface area contributed by atoms with Gasteiger partial charge in [-0.25, -0.2) is 4.98 Å². The topological polar surface area (TPSA) is 56.1 Å². The molecular weight excluding hydrogens is 314 g/mol. The molecule has 118 valence electrons. The molecule has 1 aromatic carbocycles. The molecule has 0 spiro atoms. The van der Waals surface area contributed by atoms with Crippen molar-refractivity contribution in [1.82, 2.24) is 9.55 Å². The maximum Gasteiger partial charge on any atom is 0.227 e. The number of pyridine rings is 1. The van der Waals surface area contributed by atoms with Gasteiger partial charge in [0, 0.05) is 36.3 Å². The Balaban J connectivity index is 1.63. The van der Waals surface area contributed by atoms with E-state index < -0.39 is 0 Å². The van der Waals surface area contributed by atoms with E-state index in [1.165, 1.54) is 6.20 Å². The molecule has 5 nitrogen and oxygen atoms in total. The number of fused-ring (bicyclic) bond motifs is 1. The Labute approximate surface area is 138 Å². The van der Waals surface area contributed by atoms with Gasteiger partial charge in [-0.3, -0.25) is 4.79 Å². The number of halogens is 1. The first-order chi connectivity index (χ1) is 11.2. The van der Waals surface area contributed by atoms with Crippen LogP contribution in [0.25, 0.3) is 10.9 Å². The molecule has 0 atom stereocenters. The summed E-state index contributed by atoms with van der Waals surface area (Å²) in [5.74, 6) is 1.23. The van der Waals surface area contributed by atoms with E-state index in [1.807, 2.05) is 35.0 Å². The van der Waals surface area contributed by atoms with E-state index in [0.29, 0.717) is 23.8 Å². The maximum atomic E-state index is 12.0. The molecule has 0 fully saturated rings. The number of anilines is 1. The molecule has 1 amide bonds. The summed E-state index contributed by atoms with van der Waals surface area (Å²) in [6, 6.07) is 11.3. The molecule has 0 saturated carbocycles. The third-order valence-electron chi connectivity index (χ3n) is 3.55. The molecule has 0 aliphatic heterocycles. The van der Waals surface area contributed by atoms with E-state index in [1.54, 1.807) is 19.2 Å². The van der Waals surface area contributed by atoms with E-state index in [9.17, 15) is 4.79 Å². The van der Waals surface area contributed by atoms with Gasteiger partial charge in [0.1, 0.15) is 11.6 Å². The Morgan fingerprint density at radius 2 is 2.17 bits per heavy atom. The fourth-order valence-corrected chi connectivity index (χ4v) is 2.49. The van der Waals surface area contributed by atoms with Crippen molar-refractivity contribution < 1.29 is 9.53 Å². The Hall–Kier alpha value is -2.53. The number of nitrogens with zero attached hydrogens (tertiary/aromatic N) is 2. The highest BCUT2D eigenvalue weighted by atomic mass is 35.5. The lowest BCUT2D eigenvalue weighted by Gasteiger charge is -2.07. The van der Waals surface area contributed by atoms with Gasteiger partial charge in [-0.15, -0.1) is 0 Å². The van der Waals surface area contributed by atoms with Crippen molar-refractivity contribution in [2.45, 2.75) is 13.0 Å². The molecule has 0 aliphatic rings. The van der Waals surface area contributed by atoms with Crippen LogP contribution < -0.4 is 10.1 Å². The summed E-state index contributed by atoms with van der Waals surface area (Å²) in [4.78, 5) is 16.1. The number of hydrogen-bond donors (Lipinski definition) is 1. The minimum Gasteiger partial charge on any atom is -0.497 e. The highest BCUT2D eigenvalue weighted by Gasteiger charge is 2.07. The van der Waals surface area contributed by atoms with E-state index in [0.717, 1.165) is 16.7 Å². The van der Waals surface area contributed by atoms with Gasteiger partial charge in [0.2, 0.25) is 5.91 Å². The summed E-state index contributed by atoms with van der Waals surface area (Å²) in [5.41, 5.74) is 1.07. The van der Waals surface area contributed by atoms with Crippen LogP contribution in [0, 0.1) is 0 Å². The highest BCUT2D eigenvalue weighted by molar-refractivity contribution is 6.30. The fourth-order valence-electron chi connectivity index (χ4n) is 2.38. The summed E-state index contributed by atoms with van der Waals surface area (Å²) in [7, 11) is 1.65. The summed E-state index contributed by atoms with van der Waals surface area (Å²) < 4.78 is 7.26. The second kappa shape index (κ2) is 6.71. The van der Waals surface area contributed by atoms with Crippen molar-refractivity contribution in [1.29, 1.82) is 0 Å². The molecule has 3 rings (SSSR count). The van der Waals surface area contributed by atoms with E-state index in [-0.39, 0.29) is 5.91 Å². The number of aryl methyl sites for hydroxylation is 1. The van der Waals surface area contributed by atoms with Gasteiger partial charge in [-0.2, -0.15) is 0 Å². The minimum atomic E-state index is -0.0878. The number of carbonyl (C=O) groups is 1. The lowest BCUT2D eigenvalue weighted by molar-refractivity contribution is -0.116. The van der Waals surface area contributed by atoms with Gasteiger partial charge in [0.25, 0.3) is 0 Å². The zero-order valence-electron chi connectivity index (χ0n) is 12.6. The van der Waals surface area contributed by atoms with Gasteiger partial charge in [0.05, 0.1) is 12.1 Å². The summed E-state index contributed by atoms with van der Waals surface area (Å²) in [5, 5.41) is 4.38. The van der Waals surface area contributed by atoms with Crippen LogP contribution in [-0.4, -0.2) is 22.6 Å². The second-order valence-corrected chi connectivity index (χ2v) is 5.53. The Kier molecular flexibility index (Phi) is 4.48. The third kappa shape index (κ3) is 3.63. The average Bonchev–Trinajstić information content (AvgIpc) is 2.97. The van der Waals surface area contributed by atoms with Gasteiger partial charge in [0.15, 0.2) is 0 Å². The standard InChI is InChI=1S/C17H16ClN3O2/c1-23-14-3-4-15-12(10-14)6-8-21(15)9-7-17(22)20-16-5-2-13(18)11-19-16/h2-6,8,10-11H,7,9H2,1H3,(H,19,20,22). The smallest absolute Gasteiger partial charge is 0.227 e. The summed E-state index contributed by atoms with van der Waals surface area (Å²) in [6.45, 7) is 0.593. The van der Waals surface area contributed by atoms with Crippen LogP contribution in [0.5, 0.6) is 5.75 Å². The Bertz CT molecular complexity index is 827. The molecule has 6 heteroatoms. The fraction of sp³-hybridized carbons (Fsp3) is 0.176. The van der Waals surface area contributed by atoms with Crippen LogP contribution in [0.1, 0.15) is 6.42 Å². The number of aromatic nitrogens is 2. The number of carbonyl (C=O) groups excluding carboxylic acids is 1. The van der Waals surface area contributed by atoms with Crippen LogP contribution in [0.15, 0.2) is 48.8 Å². The first-order valence-corrected chi connectivity index (χ1v) is 7.58. The van der Waals surface area contributed by atoms with E-state index >= 15 is 0 Å². The predicted molar refractivity (Wildman–Crippen MR) is 91.0 cm³/mol. The first-order valence-electron chi connectivity index (χ1n) is 7.20. The van der Waals surface area contributed by atoms with E-state index in [4.69, 9.17) is 16.3 Å².